The molecule has 1 heteroatoms. The summed E-state index contributed by atoms with van der Waals surface area (Å²) in [6, 6.07) is 5.36. The lowest BCUT2D eigenvalue weighted by molar-refractivity contribution is 0.370. The van der Waals surface area contributed by atoms with E-state index >= 15 is 0 Å². The van der Waals surface area contributed by atoms with Crippen LogP contribution in [-0.2, 0) is 11.8 Å². The summed E-state index contributed by atoms with van der Waals surface area (Å²) < 4.78 is 0. The predicted molar refractivity (Wildman–Crippen MR) is 95.2 cm³/mol. The summed E-state index contributed by atoms with van der Waals surface area (Å²) in [5.41, 5.74) is 6.11. The zero-order chi connectivity index (χ0) is 16.2. The second kappa shape index (κ2) is 7.45. The van der Waals surface area contributed by atoms with Crippen LogP contribution < -0.4 is 5.32 Å². The van der Waals surface area contributed by atoms with Crippen molar-refractivity contribution in [3.8, 4) is 0 Å². The highest BCUT2D eigenvalue weighted by molar-refractivity contribution is 5.41. The van der Waals surface area contributed by atoms with Crippen LogP contribution in [0.3, 0.4) is 0 Å². The molecule has 21 heavy (non-hydrogen) atoms. The van der Waals surface area contributed by atoms with Gasteiger partial charge in [-0.1, -0.05) is 60.1 Å². The Morgan fingerprint density at radius 1 is 1.05 bits per heavy atom. The van der Waals surface area contributed by atoms with E-state index in [1.807, 2.05) is 0 Å². The van der Waals surface area contributed by atoms with Crippen molar-refractivity contribution >= 4 is 0 Å². The molecule has 1 aromatic carbocycles. The van der Waals surface area contributed by atoms with Crippen LogP contribution in [-0.4, -0.2) is 12.6 Å². The van der Waals surface area contributed by atoms with Gasteiger partial charge in [-0.15, -0.1) is 0 Å². The van der Waals surface area contributed by atoms with Gasteiger partial charge in [-0.2, -0.15) is 0 Å². The van der Waals surface area contributed by atoms with E-state index in [2.05, 4.69) is 72.8 Å². The summed E-state index contributed by atoms with van der Waals surface area (Å²) in [6.45, 7) is 19.3. The van der Waals surface area contributed by atoms with E-state index in [0.29, 0.717) is 12.0 Å². The molecule has 1 rings (SSSR count). The van der Waals surface area contributed by atoms with Gasteiger partial charge in [-0.05, 0) is 60.4 Å². The molecule has 0 saturated carbocycles. The Hall–Kier alpha value is -0.820. The molecule has 0 aromatic heterocycles. The van der Waals surface area contributed by atoms with E-state index < -0.39 is 0 Å². The van der Waals surface area contributed by atoms with E-state index in [1.54, 1.807) is 0 Å². The molecule has 0 aliphatic carbocycles. The Morgan fingerprint density at radius 2 is 1.57 bits per heavy atom. The van der Waals surface area contributed by atoms with Gasteiger partial charge in [0.2, 0.25) is 0 Å². The molecule has 2 atom stereocenters. The number of hydrogen-bond acceptors (Lipinski definition) is 1. The average molecular weight is 290 g/mol. The largest absolute Gasteiger partial charge is 0.314 e. The van der Waals surface area contributed by atoms with Crippen molar-refractivity contribution in [1.82, 2.24) is 5.32 Å². The molecule has 120 valence electrons. The monoisotopic (exact) mass is 289 g/mol. The lowest BCUT2D eigenvalue weighted by atomic mass is 9.82. The van der Waals surface area contributed by atoms with Crippen LogP contribution in [0.1, 0.15) is 70.2 Å². The van der Waals surface area contributed by atoms with Crippen molar-refractivity contribution in [1.29, 1.82) is 0 Å². The maximum atomic E-state index is 3.68. The number of benzene rings is 1. The molecular weight excluding hydrogens is 254 g/mol. The summed E-state index contributed by atoms with van der Waals surface area (Å²) in [5.74, 6) is 0.714. The van der Waals surface area contributed by atoms with Gasteiger partial charge in [0, 0.05) is 6.04 Å². The molecule has 0 radical (unpaired) electrons. The van der Waals surface area contributed by atoms with Crippen molar-refractivity contribution in [3.05, 3.63) is 34.4 Å². The molecule has 0 aliphatic heterocycles. The van der Waals surface area contributed by atoms with Gasteiger partial charge in [0.15, 0.2) is 0 Å². The molecule has 0 fully saturated rings. The van der Waals surface area contributed by atoms with E-state index in [1.165, 1.54) is 28.7 Å². The van der Waals surface area contributed by atoms with Gasteiger partial charge in [0.05, 0.1) is 0 Å². The van der Waals surface area contributed by atoms with Gasteiger partial charge in [0.25, 0.3) is 0 Å². The standard InChI is InChI=1S/C20H35N/c1-9-14(3)19(21-10-2)13-18-15(4)11-17(12-16(18)5)20(6,7)8/h11-12,14,19,21H,9-10,13H2,1-8H3. The van der Waals surface area contributed by atoms with Crippen LogP contribution in [0.2, 0.25) is 0 Å². The first-order valence-electron chi connectivity index (χ1n) is 8.54. The molecule has 2 unspecified atom stereocenters. The first kappa shape index (κ1) is 18.2. The second-order valence-corrected chi connectivity index (χ2v) is 7.59. The highest BCUT2D eigenvalue weighted by Gasteiger charge is 2.20. The highest BCUT2D eigenvalue weighted by atomic mass is 14.9. The van der Waals surface area contributed by atoms with E-state index in [0.717, 1.165) is 13.0 Å². The molecule has 1 N–H and O–H groups in total. The number of hydrogen-bond donors (Lipinski definition) is 1. The maximum absolute atomic E-state index is 3.68. The zero-order valence-corrected chi connectivity index (χ0v) is 15.4. The number of nitrogens with one attached hydrogen (secondary N) is 1. The van der Waals surface area contributed by atoms with Crippen LogP contribution >= 0.6 is 0 Å². The van der Waals surface area contributed by atoms with Crippen molar-refractivity contribution in [2.45, 2.75) is 79.7 Å². The van der Waals surface area contributed by atoms with Crippen LogP contribution in [0.4, 0.5) is 0 Å². The quantitative estimate of drug-likeness (QED) is 0.762. The van der Waals surface area contributed by atoms with Gasteiger partial charge < -0.3 is 5.32 Å². The van der Waals surface area contributed by atoms with Crippen LogP contribution in [0.15, 0.2) is 12.1 Å². The van der Waals surface area contributed by atoms with E-state index in [-0.39, 0.29) is 5.41 Å². The normalized spacial score (nSPS) is 15.0. The second-order valence-electron chi connectivity index (χ2n) is 7.59. The van der Waals surface area contributed by atoms with E-state index in [9.17, 15) is 0 Å². The number of aryl methyl sites for hydroxylation is 2. The summed E-state index contributed by atoms with van der Waals surface area (Å²) in [7, 11) is 0. The number of likely N-dealkylation sites (N-methyl/N-ethyl adjacent to an activating group) is 1. The highest BCUT2D eigenvalue weighted by Crippen LogP contribution is 2.28. The molecule has 0 spiro atoms. The van der Waals surface area contributed by atoms with Crippen molar-refractivity contribution in [3.63, 3.8) is 0 Å². The SMILES string of the molecule is CCNC(Cc1c(C)cc(C(C)(C)C)cc1C)C(C)CC. The Labute approximate surface area is 132 Å². The molecule has 1 nitrogen and oxygen atoms in total. The third-order valence-corrected chi connectivity index (χ3v) is 4.78. The first-order chi connectivity index (χ1) is 9.70. The van der Waals surface area contributed by atoms with Gasteiger partial charge >= 0.3 is 0 Å². The first-order valence-corrected chi connectivity index (χ1v) is 8.54. The maximum Gasteiger partial charge on any atom is 0.0133 e. The van der Waals surface area contributed by atoms with Crippen LogP contribution in [0.5, 0.6) is 0 Å². The molecule has 1 aromatic rings. The fourth-order valence-electron chi connectivity index (χ4n) is 2.99. The number of rotatable bonds is 6. The van der Waals surface area contributed by atoms with Crippen molar-refractivity contribution in [2.24, 2.45) is 5.92 Å². The third-order valence-electron chi connectivity index (χ3n) is 4.78. The molecule has 0 amide bonds. The van der Waals surface area contributed by atoms with Gasteiger partial charge in [-0.3, -0.25) is 0 Å². The zero-order valence-electron chi connectivity index (χ0n) is 15.4. The average Bonchev–Trinajstić information content (AvgIpc) is 2.39. The summed E-state index contributed by atoms with van der Waals surface area (Å²) in [4.78, 5) is 0. The summed E-state index contributed by atoms with van der Waals surface area (Å²) >= 11 is 0. The molecule has 0 heterocycles. The summed E-state index contributed by atoms with van der Waals surface area (Å²) in [5, 5.41) is 3.68. The van der Waals surface area contributed by atoms with E-state index in [4.69, 9.17) is 0 Å². The van der Waals surface area contributed by atoms with Crippen LogP contribution in [0.25, 0.3) is 0 Å². The molecular formula is C20H35N. The Balaban J connectivity index is 3.08. The lowest BCUT2D eigenvalue weighted by Gasteiger charge is -2.27. The minimum atomic E-state index is 0.228. The fraction of sp³-hybridized carbons (Fsp3) is 0.700. The Kier molecular flexibility index (Phi) is 6.46. The topological polar surface area (TPSA) is 12.0 Å². The fourth-order valence-corrected chi connectivity index (χ4v) is 2.99. The lowest BCUT2D eigenvalue weighted by Crippen LogP contribution is -2.37. The van der Waals surface area contributed by atoms with Gasteiger partial charge in [0.1, 0.15) is 0 Å². The Bertz CT molecular complexity index is 430. The third kappa shape index (κ3) is 4.85. The minimum absolute atomic E-state index is 0.228. The molecule has 0 bridgehead atoms. The van der Waals surface area contributed by atoms with Crippen LogP contribution in [0, 0.1) is 19.8 Å². The molecule has 0 aliphatic rings. The predicted octanol–water partition coefficient (Wildman–Crippen LogP) is 5.17. The van der Waals surface area contributed by atoms with Crippen molar-refractivity contribution in [2.75, 3.05) is 6.54 Å². The summed E-state index contributed by atoms with van der Waals surface area (Å²) in [6.07, 6.45) is 2.38. The van der Waals surface area contributed by atoms with Crippen molar-refractivity contribution < 1.29 is 0 Å². The Morgan fingerprint density at radius 3 is 1.95 bits per heavy atom. The molecule has 0 saturated heterocycles. The smallest absolute Gasteiger partial charge is 0.0133 e. The van der Waals surface area contributed by atoms with Gasteiger partial charge in [-0.25, -0.2) is 0 Å². The minimum Gasteiger partial charge on any atom is -0.314 e.